The molecule has 2 heterocycles. The van der Waals surface area contributed by atoms with Crippen LogP contribution in [0, 0.1) is 19.7 Å². The van der Waals surface area contributed by atoms with E-state index in [0.29, 0.717) is 35.5 Å². The quantitative estimate of drug-likeness (QED) is 0.0922. The lowest BCUT2D eigenvalue weighted by Crippen LogP contribution is -2.30. The van der Waals surface area contributed by atoms with Crippen molar-refractivity contribution in [2.75, 3.05) is 15.5 Å². The highest BCUT2D eigenvalue weighted by Crippen LogP contribution is 2.31. The lowest BCUT2D eigenvalue weighted by molar-refractivity contribution is 0.102. The molecule has 0 unspecified atom stereocenters. The average molecular weight is 540 g/mol. The van der Waals surface area contributed by atoms with Crippen LogP contribution in [0.2, 0.25) is 0 Å². The Balaban J connectivity index is 1.40. The first-order valence-electron chi connectivity index (χ1n) is 12.7. The van der Waals surface area contributed by atoms with Gasteiger partial charge in [0.15, 0.2) is 0 Å². The van der Waals surface area contributed by atoms with Crippen LogP contribution in [0.25, 0.3) is 10.9 Å². The summed E-state index contributed by atoms with van der Waals surface area (Å²) in [4.78, 5) is 16.9. The molecule has 0 aliphatic carbocycles. The highest BCUT2D eigenvalue weighted by molar-refractivity contribution is 8.00. The first-order valence-corrected chi connectivity index (χ1v) is 13.6. The fourth-order valence-electron chi connectivity index (χ4n) is 4.70. The summed E-state index contributed by atoms with van der Waals surface area (Å²) in [5.74, 6) is 0.694. The van der Waals surface area contributed by atoms with E-state index in [9.17, 15) is 9.18 Å². The lowest BCUT2D eigenvalue weighted by atomic mass is 10.0. The van der Waals surface area contributed by atoms with Gasteiger partial charge in [-0.05, 0) is 78.4 Å². The summed E-state index contributed by atoms with van der Waals surface area (Å²) < 4.78 is 17.5. The Morgan fingerprint density at radius 2 is 2.00 bits per heavy atom. The van der Waals surface area contributed by atoms with Crippen LogP contribution in [0.4, 0.5) is 15.8 Å². The highest BCUT2D eigenvalue weighted by Gasteiger charge is 2.25. The lowest BCUT2D eigenvalue weighted by Gasteiger charge is -2.26. The summed E-state index contributed by atoms with van der Waals surface area (Å²) in [5.41, 5.74) is 13.7. The van der Waals surface area contributed by atoms with Gasteiger partial charge in [0.2, 0.25) is 5.78 Å². The van der Waals surface area contributed by atoms with E-state index in [1.807, 2.05) is 56.3 Å². The fraction of sp³-hybridized carbons (Fsp3) is 0.161. The normalized spacial score (nSPS) is 13.3. The number of H-pyrrole nitrogens is 1. The molecule has 3 aromatic carbocycles. The molecule has 0 radical (unpaired) electrons. The summed E-state index contributed by atoms with van der Waals surface area (Å²) in [6.07, 6.45) is 4.36. The monoisotopic (exact) mass is 539 g/mol. The largest absolute Gasteiger partial charge is 0.383 e. The Kier molecular flexibility index (Phi) is 7.56. The van der Waals surface area contributed by atoms with E-state index in [1.54, 1.807) is 35.3 Å². The van der Waals surface area contributed by atoms with Crippen LogP contribution in [0.15, 0.2) is 89.8 Å². The number of nitrogens with zero attached hydrogens (tertiary/aromatic N) is 2. The molecular weight excluding hydrogens is 509 g/mol. The standard InChI is InChI=1S/C31H30FN5OS/c1-4-13-39-36-26-18-27-23(15-19(26)2)17-28(35-27)30(38)24-11-12-34-37(31(24)33)29-10-9-21(14-20(29)3)16-22-7-5-6-8-25(22)32/h4-10,12,14-15,17-18,35-36H,1,11,13,16,33H2,2-3H3. The molecule has 198 valence electrons. The SMILES string of the molecule is C=CCSNc1cc2[nH]c(C(=O)C3=C(N)N(c4ccc(Cc5ccccc5F)cc4C)N=CC3)cc2cc1C. The molecule has 8 heteroatoms. The molecule has 0 saturated heterocycles. The van der Waals surface area contributed by atoms with Crippen molar-refractivity contribution < 1.29 is 9.18 Å². The minimum Gasteiger partial charge on any atom is -0.383 e. The van der Waals surface area contributed by atoms with Gasteiger partial charge in [0, 0.05) is 47.0 Å². The number of ketones is 1. The van der Waals surface area contributed by atoms with Crippen LogP contribution < -0.4 is 15.5 Å². The van der Waals surface area contributed by atoms with Crippen molar-refractivity contribution in [1.29, 1.82) is 0 Å². The molecular formula is C31H30FN5OS. The van der Waals surface area contributed by atoms with Crippen molar-refractivity contribution in [3.63, 3.8) is 0 Å². The Labute approximate surface area is 231 Å². The maximum atomic E-state index is 14.1. The smallest absolute Gasteiger partial charge is 0.209 e. The van der Waals surface area contributed by atoms with Gasteiger partial charge >= 0.3 is 0 Å². The van der Waals surface area contributed by atoms with Gasteiger partial charge < -0.3 is 15.4 Å². The second-order valence-corrected chi connectivity index (χ2v) is 10.4. The summed E-state index contributed by atoms with van der Waals surface area (Å²) in [6, 6.07) is 18.6. The minimum absolute atomic E-state index is 0.165. The molecule has 1 aromatic heterocycles. The third kappa shape index (κ3) is 5.47. The Hall–Kier alpha value is -4.30. The summed E-state index contributed by atoms with van der Waals surface area (Å²) in [6.45, 7) is 7.73. The number of carbonyl (C=O) groups excluding carboxylic acids is 1. The molecule has 1 aliphatic rings. The van der Waals surface area contributed by atoms with Gasteiger partial charge in [-0.3, -0.25) is 4.79 Å². The van der Waals surface area contributed by atoms with Crippen LogP contribution in [0.5, 0.6) is 0 Å². The summed E-state index contributed by atoms with van der Waals surface area (Å²) >= 11 is 1.56. The number of hydrazone groups is 1. The number of fused-ring (bicyclic) bond motifs is 1. The van der Waals surface area contributed by atoms with Crippen LogP contribution in [0.1, 0.15) is 39.2 Å². The molecule has 6 nitrogen and oxygen atoms in total. The molecule has 0 bridgehead atoms. The molecule has 0 saturated carbocycles. The summed E-state index contributed by atoms with van der Waals surface area (Å²) in [5, 5.41) is 7.04. The van der Waals surface area contributed by atoms with E-state index in [-0.39, 0.29) is 11.6 Å². The zero-order valence-electron chi connectivity index (χ0n) is 21.9. The van der Waals surface area contributed by atoms with Crippen LogP contribution in [-0.2, 0) is 6.42 Å². The Bertz CT molecular complexity index is 1640. The number of anilines is 2. The zero-order chi connectivity index (χ0) is 27.5. The average Bonchev–Trinajstić information content (AvgIpc) is 3.33. The highest BCUT2D eigenvalue weighted by atomic mass is 32.2. The van der Waals surface area contributed by atoms with Crippen LogP contribution in [-0.4, -0.2) is 22.7 Å². The number of benzene rings is 3. The fourth-order valence-corrected chi connectivity index (χ4v) is 5.28. The van der Waals surface area contributed by atoms with Gasteiger partial charge in [0.05, 0.1) is 11.4 Å². The molecule has 4 N–H and O–H groups in total. The van der Waals surface area contributed by atoms with Crippen molar-refractivity contribution in [2.24, 2.45) is 10.8 Å². The number of aryl methyl sites for hydroxylation is 2. The number of halogens is 1. The number of aromatic nitrogens is 1. The van der Waals surface area contributed by atoms with Crippen molar-refractivity contribution >= 4 is 46.2 Å². The summed E-state index contributed by atoms with van der Waals surface area (Å²) in [7, 11) is 0. The van der Waals surface area contributed by atoms with E-state index in [4.69, 9.17) is 5.73 Å². The number of hydrogen-bond donors (Lipinski definition) is 3. The van der Waals surface area contributed by atoms with Gasteiger partial charge in [-0.1, -0.05) is 36.4 Å². The number of rotatable bonds is 9. The molecule has 4 aromatic rings. The number of carbonyl (C=O) groups is 1. The zero-order valence-corrected chi connectivity index (χ0v) is 22.7. The van der Waals surface area contributed by atoms with Crippen molar-refractivity contribution in [1.82, 2.24) is 4.98 Å². The van der Waals surface area contributed by atoms with Crippen LogP contribution in [0.3, 0.4) is 0 Å². The molecule has 0 fully saturated rings. The van der Waals surface area contributed by atoms with Crippen molar-refractivity contribution in [3.05, 3.63) is 118 Å². The van der Waals surface area contributed by atoms with Gasteiger partial charge in [-0.15, -0.1) is 6.58 Å². The third-order valence-electron chi connectivity index (χ3n) is 6.74. The first-order chi connectivity index (χ1) is 18.9. The first kappa shape index (κ1) is 26.3. The Morgan fingerprint density at radius 1 is 1.18 bits per heavy atom. The molecule has 39 heavy (non-hydrogen) atoms. The predicted octanol–water partition coefficient (Wildman–Crippen LogP) is 7.01. The van der Waals surface area contributed by atoms with Gasteiger partial charge in [-0.2, -0.15) is 5.10 Å². The Morgan fingerprint density at radius 3 is 2.77 bits per heavy atom. The molecule has 1 aliphatic heterocycles. The second kappa shape index (κ2) is 11.2. The van der Waals surface area contributed by atoms with E-state index in [2.05, 4.69) is 27.5 Å². The number of hydrogen-bond acceptors (Lipinski definition) is 6. The van der Waals surface area contributed by atoms with Gasteiger partial charge in [0.1, 0.15) is 11.6 Å². The van der Waals surface area contributed by atoms with Gasteiger partial charge in [-0.25, -0.2) is 9.40 Å². The number of aromatic amines is 1. The second-order valence-electron chi connectivity index (χ2n) is 9.54. The van der Waals surface area contributed by atoms with Crippen LogP contribution >= 0.6 is 11.9 Å². The molecule has 0 atom stereocenters. The minimum atomic E-state index is -0.221. The maximum absolute atomic E-state index is 14.1. The number of Topliss-reactive ketones (excluding diaryl/α,β-unsaturated/α-hetero) is 1. The number of nitrogens with two attached hydrogens (primary N) is 1. The van der Waals surface area contributed by atoms with Gasteiger partial charge in [0.25, 0.3) is 0 Å². The predicted molar refractivity (Wildman–Crippen MR) is 161 cm³/mol. The number of nitrogens with one attached hydrogen (secondary N) is 2. The molecule has 0 amide bonds. The molecule has 5 rings (SSSR count). The van der Waals surface area contributed by atoms with E-state index >= 15 is 0 Å². The number of allylic oxidation sites excluding steroid dienone is 1. The van der Waals surface area contributed by atoms with E-state index in [1.165, 1.54) is 6.07 Å². The topological polar surface area (TPSA) is 86.5 Å². The maximum Gasteiger partial charge on any atom is 0.209 e. The third-order valence-corrected chi connectivity index (χ3v) is 7.51. The van der Waals surface area contributed by atoms with E-state index in [0.717, 1.165) is 44.7 Å². The molecule has 0 spiro atoms. The van der Waals surface area contributed by atoms with E-state index < -0.39 is 0 Å². The van der Waals surface area contributed by atoms with Crippen molar-refractivity contribution in [2.45, 2.75) is 26.7 Å². The van der Waals surface area contributed by atoms with Crippen molar-refractivity contribution in [3.8, 4) is 0 Å².